The van der Waals surface area contributed by atoms with Gasteiger partial charge in [-0.2, -0.15) is 0 Å². The molecule has 2 heterocycles. The fourth-order valence-corrected chi connectivity index (χ4v) is 9.52. The van der Waals surface area contributed by atoms with E-state index in [0.717, 1.165) is 44.9 Å². The van der Waals surface area contributed by atoms with Crippen LogP contribution in [0.1, 0.15) is 245 Å². The van der Waals surface area contributed by atoms with Gasteiger partial charge in [-0.25, -0.2) is 0 Å². The maximum absolute atomic E-state index is 13.1. The van der Waals surface area contributed by atoms with Gasteiger partial charge in [0, 0.05) is 13.0 Å². The number of aliphatic hydroxyl groups is 7. The summed E-state index contributed by atoms with van der Waals surface area (Å²) in [5.74, 6) is -0.372. The van der Waals surface area contributed by atoms with E-state index < -0.39 is 80.7 Å². The Morgan fingerprint density at radius 3 is 1.30 bits per heavy atom. The molecule has 0 bridgehead atoms. The van der Waals surface area contributed by atoms with Crippen LogP contribution in [-0.4, -0.2) is 142 Å². The molecule has 7 N–H and O–H groups in total. The molecule has 2 aliphatic heterocycles. The SMILES string of the molecule is CCCCCC/C=C\CCCCCCCCOCC(COC1OC(COC2OC(CO)C(O)C(O)C2O)C(O)C(O)C1O)OC(=O)CCCCCCCCCCCCCCCCCCCCCCCCC. The minimum absolute atomic E-state index is 0.0631. The maximum Gasteiger partial charge on any atom is 0.306 e. The van der Waals surface area contributed by atoms with Crippen LogP contribution in [0.2, 0.25) is 0 Å². The summed E-state index contributed by atoms with van der Waals surface area (Å²) in [6, 6.07) is 0. The quantitative estimate of drug-likeness (QED) is 0.0172. The van der Waals surface area contributed by atoms with Crippen molar-refractivity contribution in [3.05, 3.63) is 12.2 Å². The summed E-state index contributed by atoms with van der Waals surface area (Å²) in [6.07, 6.45) is 32.8. The summed E-state index contributed by atoms with van der Waals surface area (Å²) in [6.45, 7) is 3.71. The predicted molar refractivity (Wildman–Crippen MR) is 280 cm³/mol. The smallest absolute Gasteiger partial charge is 0.306 e. The Bertz CT molecular complexity index is 1230. The molecule has 2 aliphatic rings. The number of hydrogen-bond acceptors (Lipinski definition) is 14. The van der Waals surface area contributed by atoms with Gasteiger partial charge in [-0.1, -0.05) is 212 Å². The van der Waals surface area contributed by atoms with Gasteiger partial charge in [0.05, 0.1) is 26.4 Å². The number of carbonyl (C=O) groups is 1. The van der Waals surface area contributed by atoms with E-state index in [0.29, 0.717) is 13.0 Å². The molecule has 14 heteroatoms. The van der Waals surface area contributed by atoms with Crippen LogP contribution in [0.4, 0.5) is 0 Å². The van der Waals surface area contributed by atoms with Crippen molar-refractivity contribution >= 4 is 5.97 Å². The molecule has 0 aromatic carbocycles. The van der Waals surface area contributed by atoms with Crippen molar-refractivity contribution < 1.29 is 69.0 Å². The average Bonchev–Trinajstić information content (AvgIpc) is 3.37. The molecule has 2 saturated heterocycles. The zero-order valence-electron chi connectivity index (χ0n) is 45.0. The Morgan fingerprint density at radius 2 is 0.831 bits per heavy atom. The summed E-state index contributed by atoms with van der Waals surface area (Å²) >= 11 is 0. The van der Waals surface area contributed by atoms with Crippen molar-refractivity contribution in [1.82, 2.24) is 0 Å². The number of carbonyl (C=O) groups excluding carboxylic acids is 1. The third kappa shape index (κ3) is 32.0. The summed E-state index contributed by atoms with van der Waals surface area (Å²) in [5.41, 5.74) is 0. The summed E-state index contributed by atoms with van der Waals surface area (Å²) in [7, 11) is 0. The Morgan fingerprint density at radius 1 is 0.451 bits per heavy atom. The lowest BCUT2D eigenvalue weighted by Gasteiger charge is -2.42. The molecule has 0 saturated carbocycles. The van der Waals surface area contributed by atoms with Crippen molar-refractivity contribution in [3.63, 3.8) is 0 Å². The second kappa shape index (κ2) is 45.0. The first-order valence-corrected chi connectivity index (χ1v) is 29.3. The molecule has 0 amide bonds. The van der Waals surface area contributed by atoms with Crippen LogP contribution in [0.15, 0.2) is 12.2 Å². The van der Waals surface area contributed by atoms with Gasteiger partial charge in [0.25, 0.3) is 0 Å². The third-order valence-corrected chi connectivity index (χ3v) is 14.3. The number of unbranched alkanes of at least 4 members (excludes halogenated alkanes) is 32. The minimum Gasteiger partial charge on any atom is -0.457 e. The third-order valence-electron chi connectivity index (χ3n) is 14.3. The number of allylic oxidation sites excluding steroid dienone is 2. The van der Waals surface area contributed by atoms with Gasteiger partial charge >= 0.3 is 5.97 Å². The fourth-order valence-electron chi connectivity index (χ4n) is 9.52. The lowest BCUT2D eigenvalue weighted by molar-refractivity contribution is -0.332. The lowest BCUT2D eigenvalue weighted by atomic mass is 9.98. The van der Waals surface area contributed by atoms with Crippen molar-refractivity contribution in [2.75, 3.05) is 33.0 Å². The van der Waals surface area contributed by atoms with E-state index in [-0.39, 0.29) is 25.6 Å². The molecule has 2 rings (SSSR count). The Balaban J connectivity index is 1.68. The largest absolute Gasteiger partial charge is 0.457 e. The highest BCUT2D eigenvalue weighted by Gasteiger charge is 2.47. The predicted octanol–water partition coefficient (Wildman–Crippen LogP) is 10.2. The lowest BCUT2D eigenvalue weighted by Crippen LogP contribution is -2.61. The molecule has 0 spiro atoms. The van der Waals surface area contributed by atoms with E-state index in [1.165, 1.54) is 173 Å². The Hall–Kier alpha value is -1.27. The van der Waals surface area contributed by atoms with Crippen LogP contribution in [0, 0.1) is 0 Å². The molecule has 0 radical (unpaired) electrons. The van der Waals surface area contributed by atoms with E-state index in [1.807, 2.05) is 0 Å². The number of aliphatic hydroxyl groups excluding tert-OH is 7. The zero-order chi connectivity index (χ0) is 51.6. The van der Waals surface area contributed by atoms with Crippen LogP contribution in [0.25, 0.3) is 0 Å². The van der Waals surface area contributed by atoms with Gasteiger partial charge in [0.1, 0.15) is 54.9 Å². The second-order valence-corrected chi connectivity index (χ2v) is 20.8. The van der Waals surface area contributed by atoms with Gasteiger partial charge < -0.3 is 64.2 Å². The Labute approximate surface area is 431 Å². The molecule has 0 aromatic heterocycles. The summed E-state index contributed by atoms with van der Waals surface area (Å²) in [4.78, 5) is 13.1. The first-order chi connectivity index (χ1) is 34.6. The van der Waals surface area contributed by atoms with E-state index in [2.05, 4.69) is 26.0 Å². The van der Waals surface area contributed by atoms with E-state index >= 15 is 0 Å². The zero-order valence-corrected chi connectivity index (χ0v) is 45.0. The summed E-state index contributed by atoms with van der Waals surface area (Å²) < 4.78 is 34.4. The highest BCUT2D eigenvalue weighted by molar-refractivity contribution is 5.69. The monoisotopic (exact) mass is 1020 g/mol. The van der Waals surface area contributed by atoms with Crippen molar-refractivity contribution in [2.24, 2.45) is 0 Å². The number of esters is 1. The first kappa shape index (κ1) is 65.8. The topological polar surface area (TPSA) is 214 Å². The van der Waals surface area contributed by atoms with Crippen molar-refractivity contribution in [2.45, 2.75) is 313 Å². The second-order valence-electron chi connectivity index (χ2n) is 20.8. The van der Waals surface area contributed by atoms with Crippen molar-refractivity contribution in [1.29, 1.82) is 0 Å². The normalized spacial score (nSPS) is 25.3. The molecule has 420 valence electrons. The molecule has 2 fully saturated rings. The van der Waals surface area contributed by atoms with Gasteiger partial charge in [0.15, 0.2) is 12.6 Å². The molecular weight excluding hydrogens is 909 g/mol. The van der Waals surface area contributed by atoms with E-state index in [4.69, 9.17) is 28.4 Å². The first-order valence-electron chi connectivity index (χ1n) is 29.3. The molecule has 14 nitrogen and oxygen atoms in total. The van der Waals surface area contributed by atoms with Gasteiger partial charge in [-0.15, -0.1) is 0 Å². The highest BCUT2D eigenvalue weighted by Crippen LogP contribution is 2.27. The molecule has 71 heavy (non-hydrogen) atoms. The van der Waals surface area contributed by atoms with Crippen LogP contribution < -0.4 is 0 Å². The summed E-state index contributed by atoms with van der Waals surface area (Å²) in [5, 5.41) is 72.3. The van der Waals surface area contributed by atoms with Crippen LogP contribution in [0.5, 0.6) is 0 Å². The fraction of sp³-hybridized carbons (Fsp3) is 0.947. The Kier molecular flexibility index (Phi) is 41.7. The molecular formula is C57H108O14. The van der Waals surface area contributed by atoms with Crippen LogP contribution in [0.3, 0.4) is 0 Å². The molecule has 0 aliphatic carbocycles. The van der Waals surface area contributed by atoms with Crippen LogP contribution >= 0.6 is 0 Å². The minimum atomic E-state index is -1.70. The van der Waals surface area contributed by atoms with Gasteiger partial charge in [-0.05, 0) is 38.5 Å². The van der Waals surface area contributed by atoms with E-state index in [9.17, 15) is 40.5 Å². The number of ether oxygens (including phenoxy) is 6. The molecule has 0 aromatic rings. The molecule has 11 unspecified atom stereocenters. The standard InChI is InChI=1S/C57H108O14/c1-3-5-7-9-11-13-15-17-19-20-21-22-23-24-25-26-27-28-30-32-34-36-38-40-49(59)69-46(43-66-41-39-37-35-33-31-29-18-16-14-12-10-8-6-4-2)44-67-56-55(65)53(63)51(61)48(71-56)45-68-57-54(64)52(62)50(60)47(42-58)70-57/h14,16,46-48,50-58,60-65H,3-13,15,17-45H2,1-2H3/b16-14-. The highest BCUT2D eigenvalue weighted by atomic mass is 16.7. The number of rotatable bonds is 48. The van der Waals surface area contributed by atoms with Crippen LogP contribution in [-0.2, 0) is 33.2 Å². The van der Waals surface area contributed by atoms with Gasteiger partial charge in [-0.3, -0.25) is 4.79 Å². The van der Waals surface area contributed by atoms with Crippen molar-refractivity contribution in [3.8, 4) is 0 Å². The number of hydrogen-bond donors (Lipinski definition) is 7. The maximum atomic E-state index is 13.1. The van der Waals surface area contributed by atoms with E-state index in [1.54, 1.807) is 0 Å². The molecule has 11 atom stereocenters. The van der Waals surface area contributed by atoms with Gasteiger partial charge in [0.2, 0.25) is 0 Å². The average molecular weight is 1020 g/mol.